The van der Waals surface area contributed by atoms with E-state index in [0.717, 1.165) is 38.8 Å². The second kappa shape index (κ2) is 6.89. The molecule has 1 saturated heterocycles. The molecule has 0 spiro atoms. The number of aryl methyl sites for hydroxylation is 1. The van der Waals surface area contributed by atoms with Crippen molar-refractivity contribution in [1.82, 2.24) is 10.6 Å². The maximum Gasteiger partial charge on any atom is 0.226 e. The van der Waals surface area contributed by atoms with Gasteiger partial charge in [-0.3, -0.25) is 4.79 Å². The fraction of sp³-hybridized carbons (Fsp3) is 0.588. The Kier molecular flexibility index (Phi) is 5.18. The van der Waals surface area contributed by atoms with Crippen LogP contribution in [0, 0.1) is 12.3 Å². The molecule has 1 aliphatic rings. The largest absolute Gasteiger partial charge is 0.352 e. The third-order valence-corrected chi connectivity index (χ3v) is 4.47. The summed E-state index contributed by atoms with van der Waals surface area (Å²) in [6.45, 7) is 6.81. The Bertz CT molecular complexity index is 445. The normalized spacial score (nSPS) is 17.7. The topological polar surface area (TPSA) is 41.1 Å². The monoisotopic (exact) mass is 274 g/mol. The number of benzene rings is 1. The Morgan fingerprint density at radius 3 is 2.65 bits per heavy atom. The molecule has 3 heteroatoms. The first-order valence-electron chi connectivity index (χ1n) is 7.71. The average Bonchev–Trinajstić information content (AvgIpc) is 2.47. The molecule has 0 bridgehead atoms. The predicted molar refractivity (Wildman–Crippen MR) is 82.5 cm³/mol. The van der Waals surface area contributed by atoms with E-state index in [4.69, 9.17) is 0 Å². The number of rotatable bonds is 5. The summed E-state index contributed by atoms with van der Waals surface area (Å²) < 4.78 is 0. The molecule has 0 saturated carbocycles. The minimum absolute atomic E-state index is 0.150. The standard InChI is InChI=1S/C17H26N2O/c1-3-8-17(9-11-18-12-10-17)16(20)19-13-15-7-5-4-6-14(15)2/h4-7,18H,3,8-13H2,1-2H3,(H,19,20). The van der Waals surface area contributed by atoms with E-state index < -0.39 is 0 Å². The summed E-state index contributed by atoms with van der Waals surface area (Å²) in [5, 5.41) is 6.52. The maximum absolute atomic E-state index is 12.7. The first-order chi connectivity index (χ1) is 9.68. The van der Waals surface area contributed by atoms with E-state index in [9.17, 15) is 4.79 Å². The van der Waals surface area contributed by atoms with Gasteiger partial charge in [0.15, 0.2) is 0 Å². The van der Waals surface area contributed by atoms with E-state index in [1.165, 1.54) is 11.1 Å². The number of hydrogen-bond acceptors (Lipinski definition) is 2. The van der Waals surface area contributed by atoms with Crippen LogP contribution < -0.4 is 10.6 Å². The van der Waals surface area contributed by atoms with Crippen molar-refractivity contribution in [2.45, 2.75) is 46.1 Å². The molecule has 0 aromatic heterocycles. The lowest BCUT2D eigenvalue weighted by Crippen LogP contribution is -2.47. The molecular formula is C17H26N2O. The molecular weight excluding hydrogens is 248 g/mol. The van der Waals surface area contributed by atoms with Crippen LogP contribution in [-0.4, -0.2) is 19.0 Å². The molecule has 2 N–H and O–H groups in total. The van der Waals surface area contributed by atoms with Crippen molar-refractivity contribution in [3.05, 3.63) is 35.4 Å². The fourth-order valence-corrected chi connectivity index (χ4v) is 3.15. The van der Waals surface area contributed by atoms with Crippen LogP contribution in [0.2, 0.25) is 0 Å². The number of hydrogen-bond donors (Lipinski definition) is 2. The van der Waals surface area contributed by atoms with Gasteiger partial charge in [0.1, 0.15) is 0 Å². The zero-order valence-electron chi connectivity index (χ0n) is 12.7. The van der Waals surface area contributed by atoms with Crippen molar-refractivity contribution in [3.8, 4) is 0 Å². The molecule has 1 heterocycles. The Morgan fingerprint density at radius 2 is 2.00 bits per heavy atom. The molecule has 0 aliphatic carbocycles. The van der Waals surface area contributed by atoms with Crippen LogP contribution in [0.15, 0.2) is 24.3 Å². The predicted octanol–water partition coefficient (Wildman–Crippen LogP) is 2.78. The SMILES string of the molecule is CCCC1(C(=O)NCc2ccccc2C)CCNCC1. The molecule has 0 unspecified atom stereocenters. The second-order valence-corrected chi connectivity index (χ2v) is 5.89. The highest BCUT2D eigenvalue weighted by atomic mass is 16.2. The van der Waals surface area contributed by atoms with Gasteiger partial charge >= 0.3 is 0 Å². The van der Waals surface area contributed by atoms with Crippen LogP contribution in [0.4, 0.5) is 0 Å². The van der Waals surface area contributed by atoms with Crippen molar-refractivity contribution in [3.63, 3.8) is 0 Å². The van der Waals surface area contributed by atoms with Crippen LogP contribution in [0.3, 0.4) is 0 Å². The van der Waals surface area contributed by atoms with Gasteiger partial charge in [-0.1, -0.05) is 37.6 Å². The van der Waals surface area contributed by atoms with Crippen LogP contribution in [0.5, 0.6) is 0 Å². The van der Waals surface area contributed by atoms with Crippen molar-refractivity contribution in [2.75, 3.05) is 13.1 Å². The first kappa shape index (κ1) is 15.0. The number of carbonyl (C=O) groups excluding carboxylic acids is 1. The Labute approximate surface area is 122 Å². The highest BCUT2D eigenvalue weighted by molar-refractivity contribution is 5.82. The number of amides is 1. The summed E-state index contributed by atoms with van der Waals surface area (Å²) in [5.74, 6) is 0.240. The van der Waals surface area contributed by atoms with Gasteiger partial charge < -0.3 is 10.6 Å². The van der Waals surface area contributed by atoms with Gasteiger partial charge in [-0.05, 0) is 50.4 Å². The van der Waals surface area contributed by atoms with Gasteiger partial charge in [0.2, 0.25) is 5.91 Å². The molecule has 1 aliphatic heterocycles. The smallest absolute Gasteiger partial charge is 0.226 e. The molecule has 1 fully saturated rings. The molecule has 0 atom stereocenters. The third kappa shape index (κ3) is 3.40. The van der Waals surface area contributed by atoms with E-state index in [1.54, 1.807) is 0 Å². The quantitative estimate of drug-likeness (QED) is 0.867. The lowest BCUT2D eigenvalue weighted by Gasteiger charge is -2.36. The Hall–Kier alpha value is -1.35. The van der Waals surface area contributed by atoms with Gasteiger partial charge in [0.25, 0.3) is 0 Å². The summed E-state index contributed by atoms with van der Waals surface area (Å²) >= 11 is 0. The lowest BCUT2D eigenvalue weighted by atomic mass is 9.74. The number of carbonyl (C=O) groups is 1. The summed E-state index contributed by atoms with van der Waals surface area (Å²) in [6, 6.07) is 8.24. The van der Waals surface area contributed by atoms with E-state index in [0.29, 0.717) is 6.54 Å². The zero-order valence-corrected chi connectivity index (χ0v) is 12.7. The van der Waals surface area contributed by atoms with Gasteiger partial charge in [0.05, 0.1) is 5.41 Å². The summed E-state index contributed by atoms with van der Waals surface area (Å²) in [7, 11) is 0. The van der Waals surface area contributed by atoms with Gasteiger partial charge in [0, 0.05) is 6.54 Å². The highest BCUT2D eigenvalue weighted by Gasteiger charge is 2.38. The van der Waals surface area contributed by atoms with Crippen LogP contribution >= 0.6 is 0 Å². The molecule has 0 radical (unpaired) electrons. The van der Waals surface area contributed by atoms with Gasteiger partial charge in [-0.15, -0.1) is 0 Å². The minimum atomic E-state index is -0.150. The molecule has 1 aromatic rings. The third-order valence-electron chi connectivity index (χ3n) is 4.47. The molecule has 3 nitrogen and oxygen atoms in total. The zero-order chi connectivity index (χ0) is 14.4. The molecule has 2 rings (SSSR count). The average molecular weight is 274 g/mol. The van der Waals surface area contributed by atoms with E-state index in [-0.39, 0.29) is 11.3 Å². The summed E-state index contributed by atoms with van der Waals surface area (Å²) in [5.41, 5.74) is 2.30. The number of nitrogens with one attached hydrogen (secondary N) is 2. The van der Waals surface area contributed by atoms with E-state index >= 15 is 0 Å². The second-order valence-electron chi connectivity index (χ2n) is 5.89. The lowest BCUT2D eigenvalue weighted by molar-refractivity contribution is -0.133. The molecule has 110 valence electrons. The van der Waals surface area contributed by atoms with Crippen molar-refractivity contribution in [2.24, 2.45) is 5.41 Å². The van der Waals surface area contributed by atoms with E-state index in [2.05, 4.69) is 36.6 Å². The van der Waals surface area contributed by atoms with E-state index in [1.807, 2.05) is 12.1 Å². The van der Waals surface area contributed by atoms with Crippen LogP contribution in [0.1, 0.15) is 43.7 Å². The Morgan fingerprint density at radius 1 is 1.30 bits per heavy atom. The fourth-order valence-electron chi connectivity index (χ4n) is 3.15. The maximum atomic E-state index is 12.7. The summed E-state index contributed by atoms with van der Waals surface area (Å²) in [6.07, 6.45) is 3.98. The van der Waals surface area contributed by atoms with Crippen molar-refractivity contribution < 1.29 is 4.79 Å². The first-order valence-corrected chi connectivity index (χ1v) is 7.71. The molecule has 20 heavy (non-hydrogen) atoms. The summed E-state index contributed by atoms with van der Waals surface area (Å²) in [4.78, 5) is 12.7. The van der Waals surface area contributed by atoms with Gasteiger partial charge in [-0.2, -0.15) is 0 Å². The van der Waals surface area contributed by atoms with Crippen LogP contribution in [-0.2, 0) is 11.3 Å². The molecule has 1 amide bonds. The van der Waals surface area contributed by atoms with Crippen molar-refractivity contribution >= 4 is 5.91 Å². The minimum Gasteiger partial charge on any atom is -0.352 e. The van der Waals surface area contributed by atoms with Crippen LogP contribution in [0.25, 0.3) is 0 Å². The highest BCUT2D eigenvalue weighted by Crippen LogP contribution is 2.34. The molecule has 1 aromatic carbocycles. The van der Waals surface area contributed by atoms with Crippen molar-refractivity contribution in [1.29, 1.82) is 0 Å². The number of piperidine rings is 1. The Balaban J connectivity index is 2.00. The van der Waals surface area contributed by atoms with Gasteiger partial charge in [-0.25, -0.2) is 0 Å².